The number of nitrogens with one attached hydrogen (secondary N) is 2. The summed E-state index contributed by atoms with van der Waals surface area (Å²) in [5.74, 6) is 0. The molecule has 8 heteroatoms. The third-order valence-corrected chi connectivity index (χ3v) is 6.16. The molecule has 0 aliphatic carbocycles. The minimum absolute atomic E-state index is 0.312. The number of rotatable bonds is 5. The van der Waals surface area contributed by atoms with Gasteiger partial charge < -0.3 is 5.32 Å². The maximum absolute atomic E-state index is 12.4. The maximum atomic E-state index is 12.4. The molecule has 0 amide bonds. The minimum atomic E-state index is -3.58. The third kappa shape index (κ3) is 3.62. The first-order valence-electron chi connectivity index (χ1n) is 5.63. The Morgan fingerprint density at radius 3 is 2.65 bits per heavy atom. The van der Waals surface area contributed by atoms with E-state index in [0.29, 0.717) is 21.6 Å². The molecule has 1 heterocycles. The lowest BCUT2D eigenvalue weighted by molar-refractivity contribution is 0.600. The van der Waals surface area contributed by atoms with E-state index in [1.54, 1.807) is 36.7 Å². The molecule has 1 aromatic carbocycles. The summed E-state index contributed by atoms with van der Waals surface area (Å²) < 4.78 is 29.0. The summed E-state index contributed by atoms with van der Waals surface area (Å²) in [7, 11) is -1.80. The zero-order chi connectivity index (χ0) is 14.8. The van der Waals surface area contributed by atoms with Gasteiger partial charge in [-0.15, -0.1) is 11.3 Å². The van der Waals surface area contributed by atoms with Crippen LogP contribution in [0.4, 0.5) is 5.69 Å². The minimum Gasteiger partial charge on any atom is -0.315 e. The van der Waals surface area contributed by atoms with E-state index in [2.05, 4.69) is 41.9 Å². The zero-order valence-electron chi connectivity index (χ0n) is 10.5. The topological polar surface area (TPSA) is 58.2 Å². The van der Waals surface area contributed by atoms with Crippen LogP contribution in [0, 0.1) is 0 Å². The van der Waals surface area contributed by atoms with E-state index >= 15 is 0 Å². The Labute approximate surface area is 138 Å². The van der Waals surface area contributed by atoms with Crippen molar-refractivity contribution < 1.29 is 8.42 Å². The van der Waals surface area contributed by atoms with Crippen molar-refractivity contribution in [2.45, 2.75) is 11.4 Å². The highest BCUT2D eigenvalue weighted by Gasteiger charge is 2.20. The zero-order valence-corrected chi connectivity index (χ0v) is 15.3. The first kappa shape index (κ1) is 16.0. The molecule has 0 radical (unpaired) electrons. The highest BCUT2D eigenvalue weighted by atomic mass is 79.9. The van der Waals surface area contributed by atoms with E-state index in [-0.39, 0.29) is 0 Å². The second kappa shape index (κ2) is 6.57. The second-order valence-corrected chi connectivity index (χ2v) is 8.39. The van der Waals surface area contributed by atoms with Crippen molar-refractivity contribution >= 4 is 58.9 Å². The molecular formula is C12H12Br2N2O2S2. The standard InChI is InChI=1S/C12H12Br2N2O2S2/c1-15-7-11-12(4-5-19-11)20(17,18)16-10-3-2-8(13)6-9(10)14/h2-6,15-16H,7H2,1H3. The molecule has 0 saturated carbocycles. The van der Waals surface area contributed by atoms with Gasteiger partial charge in [0.25, 0.3) is 10.0 Å². The molecule has 4 nitrogen and oxygen atoms in total. The summed E-state index contributed by atoms with van der Waals surface area (Å²) in [6, 6.07) is 6.90. The van der Waals surface area contributed by atoms with Crippen LogP contribution in [-0.2, 0) is 16.6 Å². The maximum Gasteiger partial charge on any atom is 0.263 e. The van der Waals surface area contributed by atoms with Crippen LogP contribution in [0.3, 0.4) is 0 Å². The van der Waals surface area contributed by atoms with Gasteiger partial charge in [-0.1, -0.05) is 15.9 Å². The van der Waals surface area contributed by atoms with Crippen LogP contribution >= 0.6 is 43.2 Å². The third-order valence-electron chi connectivity index (χ3n) is 2.51. The molecule has 0 aliphatic rings. The summed E-state index contributed by atoms with van der Waals surface area (Å²) in [6.45, 7) is 0.523. The Balaban J connectivity index is 2.33. The van der Waals surface area contributed by atoms with Crippen LogP contribution in [-0.4, -0.2) is 15.5 Å². The second-order valence-electron chi connectivity index (χ2n) is 3.97. The van der Waals surface area contributed by atoms with Gasteiger partial charge in [0.1, 0.15) is 4.90 Å². The summed E-state index contributed by atoms with van der Waals surface area (Å²) in [6.07, 6.45) is 0. The van der Waals surface area contributed by atoms with E-state index in [1.165, 1.54) is 11.3 Å². The van der Waals surface area contributed by atoms with Crippen LogP contribution in [0.1, 0.15) is 4.88 Å². The quantitative estimate of drug-likeness (QED) is 0.744. The highest BCUT2D eigenvalue weighted by molar-refractivity contribution is 9.11. The number of sulfonamides is 1. The number of hydrogen-bond acceptors (Lipinski definition) is 4. The molecule has 1 aromatic heterocycles. The number of anilines is 1. The normalized spacial score (nSPS) is 11.6. The van der Waals surface area contributed by atoms with Gasteiger partial charge in [-0.25, -0.2) is 8.42 Å². The molecule has 0 unspecified atom stereocenters. The average Bonchev–Trinajstić information content (AvgIpc) is 2.82. The fourth-order valence-electron chi connectivity index (χ4n) is 1.63. The van der Waals surface area contributed by atoms with Gasteiger partial charge in [-0.2, -0.15) is 0 Å². The van der Waals surface area contributed by atoms with Crippen molar-refractivity contribution in [2.75, 3.05) is 11.8 Å². The monoisotopic (exact) mass is 438 g/mol. The van der Waals surface area contributed by atoms with Crippen LogP contribution in [0.25, 0.3) is 0 Å². The van der Waals surface area contributed by atoms with Gasteiger partial charge in [0.05, 0.1) is 5.69 Å². The van der Waals surface area contributed by atoms with Crippen molar-refractivity contribution in [3.05, 3.63) is 43.5 Å². The average molecular weight is 440 g/mol. The predicted octanol–water partition coefficient (Wildman–Crippen LogP) is 3.79. The van der Waals surface area contributed by atoms with Gasteiger partial charge >= 0.3 is 0 Å². The number of thiophene rings is 1. The molecule has 0 atom stereocenters. The number of benzene rings is 1. The molecule has 2 aromatic rings. The first-order chi connectivity index (χ1) is 9.44. The summed E-state index contributed by atoms with van der Waals surface area (Å²) in [4.78, 5) is 1.10. The number of halogens is 2. The van der Waals surface area contributed by atoms with Crippen molar-refractivity contribution in [1.29, 1.82) is 0 Å². The van der Waals surface area contributed by atoms with Crippen LogP contribution < -0.4 is 10.0 Å². The van der Waals surface area contributed by atoms with Crippen molar-refractivity contribution in [1.82, 2.24) is 5.32 Å². The molecule has 0 bridgehead atoms. The Hall–Kier alpha value is -0.410. The molecule has 2 N–H and O–H groups in total. The van der Waals surface area contributed by atoms with E-state index in [0.717, 1.165) is 9.35 Å². The van der Waals surface area contributed by atoms with Crippen molar-refractivity contribution in [3.8, 4) is 0 Å². The van der Waals surface area contributed by atoms with Crippen molar-refractivity contribution in [3.63, 3.8) is 0 Å². The molecule has 2 rings (SSSR count). The van der Waals surface area contributed by atoms with Crippen molar-refractivity contribution in [2.24, 2.45) is 0 Å². The summed E-state index contributed by atoms with van der Waals surface area (Å²) in [5, 5.41) is 4.74. The predicted molar refractivity (Wildman–Crippen MR) is 89.7 cm³/mol. The van der Waals surface area contributed by atoms with Gasteiger partial charge in [0, 0.05) is 20.4 Å². The molecule has 0 spiro atoms. The fourth-order valence-corrected chi connectivity index (χ4v) is 5.44. The molecule has 0 aliphatic heterocycles. The van der Waals surface area contributed by atoms with Gasteiger partial charge in [0.15, 0.2) is 0 Å². The summed E-state index contributed by atoms with van der Waals surface area (Å²) >= 11 is 8.10. The molecule has 20 heavy (non-hydrogen) atoms. The van der Waals surface area contributed by atoms with Crippen LogP contribution in [0.2, 0.25) is 0 Å². The van der Waals surface area contributed by atoms with Gasteiger partial charge in [-0.05, 0) is 52.6 Å². The Bertz CT molecular complexity index is 714. The fraction of sp³-hybridized carbons (Fsp3) is 0.167. The lowest BCUT2D eigenvalue weighted by Gasteiger charge is -2.10. The van der Waals surface area contributed by atoms with Crippen LogP contribution in [0.15, 0.2) is 43.5 Å². The Morgan fingerprint density at radius 2 is 2.00 bits per heavy atom. The van der Waals surface area contributed by atoms with E-state index in [4.69, 9.17) is 0 Å². The Morgan fingerprint density at radius 1 is 1.25 bits per heavy atom. The van der Waals surface area contributed by atoms with E-state index in [9.17, 15) is 8.42 Å². The Kier molecular flexibility index (Phi) is 5.25. The molecule has 108 valence electrons. The van der Waals surface area contributed by atoms with E-state index < -0.39 is 10.0 Å². The first-order valence-corrected chi connectivity index (χ1v) is 9.58. The number of hydrogen-bond donors (Lipinski definition) is 2. The van der Waals surface area contributed by atoms with Gasteiger partial charge in [-0.3, -0.25) is 4.72 Å². The lowest BCUT2D eigenvalue weighted by Crippen LogP contribution is -2.16. The van der Waals surface area contributed by atoms with Gasteiger partial charge in [0.2, 0.25) is 0 Å². The largest absolute Gasteiger partial charge is 0.315 e. The lowest BCUT2D eigenvalue weighted by atomic mass is 10.3. The van der Waals surface area contributed by atoms with Crippen LogP contribution in [0.5, 0.6) is 0 Å². The van der Waals surface area contributed by atoms with E-state index in [1.807, 2.05) is 0 Å². The SMILES string of the molecule is CNCc1sccc1S(=O)(=O)Nc1ccc(Br)cc1Br. The highest BCUT2D eigenvalue weighted by Crippen LogP contribution is 2.30. The molecule has 0 saturated heterocycles. The smallest absolute Gasteiger partial charge is 0.263 e. The summed E-state index contributed by atoms with van der Waals surface area (Å²) in [5.41, 5.74) is 0.509. The molecular weight excluding hydrogens is 428 g/mol. The molecule has 0 fully saturated rings.